The Kier molecular flexibility index (Phi) is 20.7. The van der Waals surface area contributed by atoms with Gasteiger partial charge in [-0.3, -0.25) is 9.97 Å². The maximum Gasteiger partial charge on any atom is 2.00 e. The predicted molar refractivity (Wildman–Crippen MR) is 182 cm³/mol. The molecule has 15 heteroatoms. The standard InChI is InChI=1S/C12H8N2O4.2C9H7N.2CHCl3.Ru/c15-11(16)9-5-1-3-7(13-9)8-4-2-6-10(14-8)12(17)18;2*1-2-4-9-7-10-6-5-8(9)3-1;2*2-1(3)4;/h1-6H,(H,15,16)(H,17,18);2*1-7H;2*1H;/q;;;;;+2/p-2. The Morgan fingerprint density at radius 3 is 1.11 bits per heavy atom. The topological polar surface area (TPSA) is 132 Å². The van der Waals surface area contributed by atoms with Crippen molar-refractivity contribution < 1.29 is 39.3 Å². The Morgan fingerprint density at radius 2 is 0.809 bits per heavy atom. The Balaban J connectivity index is 0.000000326. The molecule has 0 atom stereocenters. The average Bonchev–Trinajstić information content (AvgIpc) is 3.05. The molecule has 0 aliphatic rings. The first kappa shape index (κ1) is 41.9. The number of carbonyl (C=O) groups excluding carboxylic acids is 2. The van der Waals surface area contributed by atoms with E-state index in [4.69, 9.17) is 69.6 Å². The van der Waals surface area contributed by atoms with Crippen LogP contribution in [0.4, 0.5) is 0 Å². The Hall–Kier alpha value is -3.14. The zero-order valence-corrected chi connectivity index (χ0v) is 30.0. The summed E-state index contributed by atoms with van der Waals surface area (Å²) in [4.78, 5) is 37.0. The van der Waals surface area contributed by atoms with Gasteiger partial charge in [0.25, 0.3) is 0 Å². The number of benzene rings is 2. The van der Waals surface area contributed by atoms with Gasteiger partial charge < -0.3 is 19.8 Å². The number of nitrogens with zero attached hydrogens (tertiary/aromatic N) is 4. The van der Waals surface area contributed by atoms with E-state index in [2.05, 4.69) is 44.2 Å². The van der Waals surface area contributed by atoms with Crippen LogP contribution < -0.4 is 10.2 Å². The average molecular weight is 840 g/mol. The number of carbonyl (C=O) groups is 2. The van der Waals surface area contributed by atoms with Crippen LogP contribution in [-0.4, -0.2) is 40.5 Å². The molecule has 0 N–H and O–H groups in total. The fourth-order valence-corrected chi connectivity index (χ4v) is 3.44. The zero-order chi connectivity index (χ0) is 33.9. The third-order valence-corrected chi connectivity index (χ3v) is 5.28. The smallest absolute Gasteiger partial charge is 0.543 e. The van der Waals surface area contributed by atoms with Crippen molar-refractivity contribution in [2.75, 3.05) is 0 Å². The third-order valence-electron chi connectivity index (χ3n) is 5.28. The van der Waals surface area contributed by atoms with Crippen molar-refractivity contribution in [1.29, 1.82) is 0 Å². The molecule has 0 aliphatic heterocycles. The number of alkyl halides is 6. The second-order valence-electron chi connectivity index (χ2n) is 8.33. The van der Waals surface area contributed by atoms with Gasteiger partial charge in [0.2, 0.25) is 0 Å². The first-order valence-corrected chi connectivity index (χ1v) is 15.4. The van der Waals surface area contributed by atoms with Crippen molar-refractivity contribution in [2.24, 2.45) is 0 Å². The van der Waals surface area contributed by atoms with Crippen LogP contribution >= 0.6 is 69.6 Å². The molecule has 2 aromatic carbocycles. The first-order valence-electron chi connectivity index (χ1n) is 12.8. The number of aromatic nitrogens is 4. The van der Waals surface area contributed by atoms with Gasteiger partial charge in [-0.2, -0.15) is 0 Å². The number of hydrogen-bond donors (Lipinski definition) is 0. The number of rotatable bonds is 3. The molecule has 6 aromatic rings. The molecule has 0 radical (unpaired) electrons. The summed E-state index contributed by atoms with van der Waals surface area (Å²) < 4.78 is -1.50. The second-order valence-corrected chi connectivity index (χ2v) is 12.3. The normalized spacial score (nSPS) is 9.62. The summed E-state index contributed by atoms with van der Waals surface area (Å²) >= 11 is 28.8. The SMILES string of the molecule is ClC(Cl)Cl.ClC(Cl)Cl.O=C([O-])c1cccc(-c2cccc(C(=O)[O-])n2)n1.[Ru+2].c1ccc2cnccc2c1.c1ccc2cnccc2c1. The Labute approximate surface area is 313 Å². The molecule has 0 unspecified atom stereocenters. The minimum Gasteiger partial charge on any atom is -0.543 e. The summed E-state index contributed by atoms with van der Waals surface area (Å²) in [5.74, 6) is -2.82. The fraction of sp³-hybridized carbons (Fsp3) is 0.0625. The van der Waals surface area contributed by atoms with Gasteiger partial charge in [-0.05, 0) is 57.9 Å². The van der Waals surface area contributed by atoms with Gasteiger partial charge in [0.15, 0.2) is 8.59 Å². The predicted octanol–water partition coefficient (Wildman–Crippen LogP) is 7.31. The third kappa shape index (κ3) is 17.0. The van der Waals surface area contributed by atoms with Crippen LogP contribution in [0.5, 0.6) is 0 Å². The van der Waals surface area contributed by atoms with Crippen molar-refractivity contribution in [1.82, 2.24) is 19.9 Å². The number of aromatic carboxylic acids is 2. The molecule has 4 heterocycles. The molecule has 6 rings (SSSR count). The summed E-state index contributed by atoms with van der Waals surface area (Å²) in [6.07, 6.45) is 7.36. The van der Waals surface area contributed by atoms with E-state index >= 15 is 0 Å². The van der Waals surface area contributed by atoms with Crippen molar-refractivity contribution in [3.63, 3.8) is 0 Å². The summed E-state index contributed by atoms with van der Waals surface area (Å²) in [7, 11) is 0. The van der Waals surface area contributed by atoms with E-state index < -0.39 is 20.5 Å². The number of carboxylic acid groups (broad SMARTS) is 2. The molecule has 0 saturated carbocycles. The van der Waals surface area contributed by atoms with E-state index in [0.29, 0.717) is 0 Å². The largest absolute Gasteiger partial charge is 2.00 e. The van der Waals surface area contributed by atoms with Gasteiger partial charge in [0.05, 0.1) is 34.7 Å². The van der Waals surface area contributed by atoms with Gasteiger partial charge in [-0.1, -0.05) is 130 Å². The van der Waals surface area contributed by atoms with Crippen LogP contribution in [-0.2, 0) is 19.5 Å². The van der Waals surface area contributed by atoms with Crippen molar-refractivity contribution >= 4 is 103 Å². The quantitative estimate of drug-likeness (QED) is 0.134. The minimum atomic E-state index is -1.41. The Bertz CT molecular complexity index is 1570. The second kappa shape index (κ2) is 23.2. The molecule has 0 fully saturated rings. The molecular weight excluding hydrogens is 818 g/mol. The van der Waals surface area contributed by atoms with Gasteiger partial charge in [-0.15, -0.1) is 0 Å². The van der Waals surface area contributed by atoms with E-state index in [0.717, 1.165) is 0 Å². The number of pyridine rings is 4. The van der Waals surface area contributed by atoms with Crippen LogP contribution in [0, 0.1) is 0 Å². The fourth-order valence-electron chi connectivity index (χ4n) is 3.44. The Morgan fingerprint density at radius 1 is 0.489 bits per heavy atom. The minimum absolute atomic E-state index is 0. The van der Waals surface area contributed by atoms with Gasteiger partial charge in [0.1, 0.15) is 0 Å². The molecule has 0 bridgehead atoms. The van der Waals surface area contributed by atoms with E-state index in [1.807, 2.05) is 61.2 Å². The van der Waals surface area contributed by atoms with Gasteiger partial charge >= 0.3 is 19.5 Å². The molecule has 244 valence electrons. The molecule has 0 spiro atoms. The summed E-state index contributed by atoms with van der Waals surface area (Å²) in [6, 6.07) is 28.9. The summed E-state index contributed by atoms with van der Waals surface area (Å²) in [5.41, 5.74) is 0.0147. The first-order chi connectivity index (χ1) is 22.0. The molecule has 0 saturated heterocycles. The monoisotopic (exact) mass is 838 g/mol. The summed E-state index contributed by atoms with van der Waals surface area (Å²) in [6.45, 7) is 0. The van der Waals surface area contributed by atoms with Crippen LogP contribution in [0.1, 0.15) is 21.0 Å². The van der Waals surface area contributed by atoms with E-state index in [-0.39, 0.29) is 42.3 Å². The van der Waals surface area contributed by atoms with Crippen molar-refractivity contribution in [3.8, 4) is 11.4 Å². The molecule has 47 heavy (non-hydrogen) atoms. The molecule has 0 amide bonds. The van der Waals surface area contributed by atoms with Crippen LogP contribution in [0.15, 0.2) is 122 Å². The van der Waals surface area contributed by atoms with E-state index in [9.17, 15) is 19.8 Å². The van der Waals surface area contributed by atoms with E-state index in [1.165, 1.54) is 57.9 Å². The number of carboxylic acids is 2. The van der Waals surface area contributed by atoms with Crippen LogP contribution in [0.2, 0.25) is 0 Å². The molecule has 8 nitrogen and oxygen atoms in total. The number of hydrogen-bond acceptors (Lipinski definition) is 8. The van der Waals surface area contributed by atoms with Gasteiger partial charge in [-0.25, -0.2) is 9.97 Å². The van der Waals surface area contributed by atoms with E-state index in [1.54, 1.807) is 0 Å². The molecule has 4 aromatic heterocycles. The van der Waals surface area contributed by atoms with Crippen molar-refractivity contribution in [2.45, 2.75) is 8.59 Å². The number of halogens is 6. The maximum absolute atomic E-state index is 10.7. The molecular formula is C32H22Cl6N4O4Ru. The zero-order valence-electron chi connectivity index (χ0n) is 23.7. The van der Waals surface area contributed by atoms with Gasteiger partial charge in [0, 0.05) is 24.8 Å². The van der Waals surface area contributed by atoms with Crippen LogP contribution in [0.3, 0.4) is 0 Å². The maximum atomic E-state index is 10.7. The number of fused-ring (bicyclic) bond motifs is 2. The molecule has 0 aliphatic carbocycles. The van der Waals surface area contributed by atoms with Crippen molar-refractivity contribution in [3.05, 3.63) is 133 Å². The summed E-state index contributed by atoms with van der Waals surface area (Å²) in [5, 5.41) is 26.2. The van der Waals surface area contributed by atoms with Crippen LogP contribution in [0.25, 0.3) is 32.9 Å².